The van der Waals surface area contributed by atoms with Gasteiger partial charge in [0.25, 0.3) is 0 Å². The third-order valence-corrected chi connectivity index (χ3v) is 3.42. The first-order valence-corrected chi connectivity index (χ1v) is 5.96. The van der Waals surface area contributed by atoms with Gasteiger partial charge in [-0.3, -0.25) is 4.98 Å². The quantitative estimate of drug-likeness (QED) is 0.877. The molecule has 1 heterocycles. The SMILES string of the molecule is Cc1cccc(F)c1NC(C)c1cncs1. The molecule has 1 aromatic heterocycles. The highest BCUT2D eigenvalue weighted by Crippen LogP contribution is 2.26. The Hall–Kier alpha value is -1.42. The average Bonchev–Trinajstić information content (AvgIpc) is 2.76. The number of benzene rings is 1. The van der Waals surface area contributed by atoms with Gasteiger partial charge in [0.15, 0.2) is 0 Å². The van der Waals surface area contributed by atoms with Gasteiger partial charge in [-0.1, -0.05) is 12.1 Å². The van der Waals surface area contributed by atoms with E-state index in [9.17, 15) is 4.39 Å². The highest BCUT2D eigenvalue weighted by Gasteiger charge is 2.11. The lowest BCUT2D eigenvalue weighted by Gasteiger charge is -2.15. The van der Waals surface area contributed by atoms with Crippen LogP contribution >= 0.6 is 11.3 Å². The molecule has 0 aliphatic rings. The lowest BCUT2D eigenvalue weighted by atomic mass is 10.1. The molecule has 84 valence electrons. The van der Waals surface area contributed by atoms with Crippen molar-refractivity contribution < 1.29 is 4.39 Å². The standard InChI is InChI=1S/C12H13FN2S/c1-8-4-3-5-10(13)12(8)15-9(2)11-6-14-7-16-11/h3-7,9,15H,1-2H3. The van der Waals surface area contributed by atoms with Crippen LogP contribution in [0.2, 0.25) is 0 Å². The largest absolute Gasteiger partial charge is 0.375 e. The van der Waals surface area contributed by atoms with Gasteiger partial charge < -0.3 is 5.32 Å². The molecule has 0 spiro atoms. The van der Waals surface area contributed by atoms with Crippen LogP contribution in [0.15, 0.2) is 29.9 Å². The lowest BCUT2D eigenvalue weighted by molar-refractivity contribution is 0.626. The number of hydrogen-bond donors (Lipinski definition) is 1. The van der Waals surface area contributed by atoms with Crippen LogP contribution in [0.5, 0.6) is 0 Å². The molecule has 0 saturated heterocycles. The second kappa shape index (κ2) is 4.61. The van der Waals surface area contributed by atoms with Crippen LogP contribution in [0.4, 0.5) is 10.1 Å². The minimum atomic E-state index is -0.212. The van der Waals surface area contributed by atoms with E-state index in [1.807, 2.05) is 19.9 Å². The number of para-hydroxylation sites is 1. The fraction of sp³-hybridized carbons (Fsp3) is 0.250. The second-order valence-electron chi connectivity index (χ2n) is 3.70. The van der Waals surface area contributed by atoms with Crippen molar-refractivity contribution in [2.45, 2.75) is 19.9 Å². The van der Waals surface area contributed by atoms with Crippen LogP contribution < -0.4 is 5.32 Å². The van der Waals surface area contributed by atoms with Crippen LogP contribution in [-0.2, 0) is 0 Å². The average molecular weight is 236 g/mol. The smallest absolute Gasteiger partial charge is 0.146 e. The van der Waals surface area contributed by atoms with Gasteiger partial charge >= 0.3 is 0 Å². The summed E-state index contributed by atoms with van der Waals surface area (Å²) in [6.45, 7) is 3.89. The number of anilines is 1. The van der Waals surface area contributed by atoms with Crippen molar-refractivity contribution in [3.05, 3.63) is 46.2 Å². The van der Waals surface area contributed by atoms with Crippen molar-refractivity contribution in [3.63, 3.8) is 0 Å². The molecule has 1 aromatic carbocycles. The molecule has 0 bridgehead atoms. The first-order chi connectivity index (χ1) is 7.68. The zero-order chi connectivity index (χ0) is 11.5. The maximum absolute atomic E-state index is 13.6. The Bertz CT molecular complexity index is 448. The topological polar surface area (TPSA) is 24.9 Å². The molecule has 2 aromatic rings. The van der Waals surface area contributed by atoms with Crippen molar-refractivity contribution in [1.29, 1.82) is 0 Å². The van der Waals surface area contributed by atoms with Gasteiger partial charge in [-0.25, -0.2) is 4.39 Å². The van der Waals surface area contributed by atoms with Gasteiger partial charge in [0.1, 0.15) is 5.82 Å². The number of aryl methyl sites for hydroxylation is 1. The molecule has 1 atom stereocenters. The Kier molecular flexibility index (Phi) is 3.19. The van der Waals surface area contributed by atoms with Gasteiger partial charge in [0, 0.05) is 11.1 Å². The minimum Gasteiger partial charge on any atom is -0.375 e. The molecule has 0 amide bonds. The number of aromatic nitrogens is 1. The molecule has 0 aliphatic heterocycles. The molecule has 1 unspecified atom stereocenters. The number of nitrogens with zero attached hydrogens (tertiary/aromatic N) is 1. The van der Waals surface area contributed by atoms with Crippen LogP contribution in [0.25, 0.3) is 0 Å². The van der Waals surface area contributed by atoms with Gasteiger partial charge in [-0.05, 0) is 25.5 Å². The van der Waals surface area contributed by atoms with Crippen LogP contribution in [-0.4, -0.2) is 4.98 Å². The van der Waals surface area contributed by atoms with E-state index in [4.69, 9.17) is 0 Å². The summed E-state index contributed by atoms with van der Waals surface area (Å²) in [6, 6.07) is 5.15. The summed E-state index contributed by atoms with van der Waals surface area (Å²) in [5.41, 5.74) is 3.27. The molecule has 16 heavy (non-hydrogen) atoms. The molecule has 0 saturated carbocycles. The molecular formula is C12H13FN2S. The van der Waals surface area contributed by atoms with Gasteiger partial charge in [0.2, 0.25) is 0 Å². The summed E-state index contributed by atoms with van der Waals surface area (Å²) in [5, 5.41) is 3.18. The summed E-state index contributed by atoms with van der Waals surface area (Å²) in [6.07, 6.45) is 1.80. The van der Waals surface area contributed by atoms with E-state index in [0.29, 0.717) is 5.69 Å². The summed E-state index contributed by atoms with van der Waals surface area (Å²) >= 11 is 1.57. The molecule has 4 heteroatoms. The maximum Gasteiger partial charge on any atom is 0.146 e. The Morgan fingerprint density at radius 2 is 2.25 bits per heavy atom. The number of halogens is 1. The number of thiazole rings is 1. The van der Waals surface area contributed by atoms with Crippen molar-refractivity contribution in [2.75, 3.05) is 5.32 Å². The third kappa shape index (κ3) is 2.22. The van der Waals surface area contributed by atoms with Gasteiger partial charge in [-0.2, -0.15) is 0 Å². The molecule has 0 fully saturated rings. The predicted octanol–water partition coefficient (Wildman–Crippen LogP) is 3.76. The van der Waals surface area contributed by atoms with E-state index in [2.05, 4.69) is 10.3 Å². The van der Waals surface area contributed by atoms with Crippen LogP contribution in [0, 0.1) is 12.7 Å². The van der Waals surface area contributed by atoms with E-state index in [-0.39, 0.29) is 11.9 Å². The Morgan fingerprint density at radius 3 is 2.88 bits per heavy atom. The second-order valence-corrected chi connectivity index (χ2v) is 4.62. The number of nitrogens with one attached hydrogen (secondary N) is 1. The predicted molar refractivity (Wildman–Crippen MR) is 65.3 cm³/mol. The van der Waals surface area contributed by atoms with Crippen molar-refractivity contribution in [1.82, 2.24) is 4.98 Å². The van der Waals surface area contributed by atoms with E-state index >= 15 is 0 Å². The molecule has 2 rings (SSSR count). The minimum absolute atomic E-state index is 0.0723. The van der Waals surface area contributed by atoms with E-state index in [0.717, 1.165) is 10.4 Å². The molecule has 2 nitrogen and oxygen atoms in total. The van der Waals surface area contributed by atoms with Crippen molar-refractivity contribution in [3.8, 4) is 0 Å². The fourth-order valence-corrected chi connectivity index (χ4v) is 2.17. The summed E-state index contributed by atoms with van der Waals surface area (Å²) < 4.78 is 13.6. The monoisotopic (exact) mass is 236 g/mol. The van der Waals surface area contributed by atoms with Crippen molar-refractivity contribution in [2.24, 2.45) is 0 Å². The maximum atomic E-state index is 13.6. The van der Waals surface area contributed by atoms with Gasteiger partial charge in [-0.15, -0.1) is 11.3 Å². The van der Waals surface area contributed by atoms with E-state index < -0.39 is 0 Å². The normalized spacial score (nSPS) is 12.4. The fourth-order valence-electron chi connectivity index (χ4n) is 1.54. The first kappa shape index (κ1) is 11.1. The Balaban J connectivity index is 2.21. The highest BCUT2D eigenvalue weighted by atomic mass is 32.1. The zero-order valence-corrected chi connectivity index (χ0v) is 10.0. The Morgan fingerprint density at radius 1 is 1.44 bits per heavy atom. The van der Waals surface area contributed by atoms with Crippen LogP contribution in [0.3, 0.4) is 0 Å². The summed E-state index contributed by atoms with van der Waals surface area (Å²) in [7, 11) is 0. The Labute approximate surface area is 98.2 Å². The third-order valence-electron chi connectivity index (χ3n) is 2.46. The first-order valence-electron chi connectivity index (χ1n) is 5.08. The molecular weight excluding hydrogens is 223 g/mol. The lowest BCUT2D eigenvalue weighted by Crippen LogP contribution is -2.07. The van der Waals surface area contributed by atoms with Crippen molar-refractivity contribution >= 4 is 17.0 Å². The summed E-state index contributed by atoms with van der Waals surface area (Å²) in [4.78, 5) is 5.11. The number of hydrogen-bond acceptors (Lipinski definition) is 3. The summed E-state index contributed by atoms with van der Waals surface area (Å²) in [5.74, 6) is -0.212. The zero-order valence-electron chi connectivity index (χ0n) is 9.20. The highest BCUT2D eigenvalue weighted by molar-refractivity contribution is 7.09. The molecule has 0 radical (unpaired) electrons. The van der Waals surface area contributed by atoms with E-state index in [1.54, 1.807) is 29.1 Å². The van der Waals surface area contributed by atoms with Gasteiger partial charge in [0.05, 0.1) is 17.2 Å². The molecule has 1 N–H and O–H groups in total. The number of rotatable bonds is 3. The van der Waals surface area contributed by atoms with E-state index in [1.165, 1.54) is 6.07 Å². The molecule has 0 aliphatic carbocycles. The van der Waals surface area contributed by atoms with Crippen LogP contribution in [0.1, 0.15) is 23.4 Å².